The molecule has 4 aliphatic carbocycles. The smallest absolute Gasteiger partial charge is 0.309 e. The van der Waals surface area contributed by atoms with E-state index >= 15 is 0 Å². The predicted octanol–water partition coefficient (Wildman–Crippen LogP) is 2.43. The van der Waals surface area contributed by atoms with Gasteiger partial charge in [0.15, 0.2) is 0 Å². The number of anilines is 1. The van der Waals surface area contributed by atoms with E-state index in [0.29, 0.717) is 11.4 Å². The summed E-state index contributed by atoms with van der Waals surface area (Å²) in [6.45, 7) is 0. The molecule has 4 aliphatic rings. The van der Waals surface area contributed by atoms with Crippen molar-refractivity contribution in [1.29, 1.82) is 0 Å². The molecular formula is C13H19N3O. The maximum absolute atomic E-state index is 5.36. The minimum atomic E-state index is 0.313. The maximum Gasteiger partial charge on any atom is 0.309 e. The molecule has 4 heteroatoms. The molecule has 5 rings (SSSR count). The van der Waals surface area contributed by atoms with Gasteiger partial charge in [-0.25, -0.2) is 5.84 Å². The van der Waals surface area contributed by atoms with Crippen LogP contribution < -0.4 is 11.3 Å². The van der Waals surface area contributed by atoms with E-state index in [1.54, 1.807) is 0 Å². The van der Waals surface area contributed by atoms with E-state index in [1.165, 1.54) is 38.5 Å². The Morgan fingerprint density at radius 2 is 1.76 bits per heavy atom. The standard InChI is InChI=1S/C13H19N3O/c14-16-12-15-11(7-17-12)13-4-8-1-9(5-13)3-10(2-8)6-13/h7-10H,1-6,14H2,(H,15,16). The number of oxazole rings is 1. The van der Waals surface area contributed by atoms with Gasteiger partial charge in [-0.15, -0.1) is 0 Å². The third-order valence-corrected chi connectivity index (χ3v) is 5.21. The van der Waals surface area contributed by atoms with Crippen molar-refractivity contribution in [3.05, 3.63) is 12.0 Å². The zero-order chi connectivity index (χ0) is 11.5. The number of nitrogens with two attached hydrogens (primary N) is 1. The summed E-state index contributed by atoms with van der Waals surface area (Å²) in [5, 5.41) is 0. The highest BCUT2D eigenvalue weighted by Gasteiger charge is 2.52. The van der Waals surface area contributed by atoms with Crippen LogP contribution in [0.5, 0.6) is 0 Å². The van der Waals surface area contributed by atoms with Crippen LogP contribution in [-0.4, -0.2) is 4.98 Å². The van der Waals surface area contributed by atoms with Gasteiger partial charge in [0, 0.05) is 5.41 Å². The van der Waals surface area contributed by atoms with Crippen LogP contribution >= 0.6 is 0 Å². The number of hydrazine groups is 1. The van der Waals surface area contributed by atoms with Gasteiger partial charge in [-0.1, -0.05) is 0 Å². The summed E-state index contributed by atoms with van der Waals surface area (Å²) in [6, 6.07) is 0.454. The largest absolute Gasteiger partial charge is 0.431 e. The van der Waals surface area contributed by atoms with Crippen LogP contribution in [-0.2, 0) is 5.41 Å². The normalized spacial score (nSPS) is 43.0. The summed E-state index contributed by atoms with van der Waals surface area (Å²) >= 11 is 0. The van der Waals surface area contributed by atoms with Gasteiger partial charge in [0.2, 0.25) is 0 Å². The van der Waals surface area contributed by atoms with Crippen LogP contribution in [0.3, 0.4) is 0 Å². The first-order chi connectivity index (χ1) is 8.27. The fourth-order valence-electron chi connectivity index (χ4n) is 5.01. The molecule has 0 aliphatic heterocycles. The van der Waals surface area contributed by atoms with E-state index in [1.807, 2.05) is 6.26 Å². The first-order valence-electron chi connectivity index (χ1n) is 6.70. The Balaban J connectivity index is 1.72. The van der Waals surface area contributed by atoms with Gasteiger partial charge < -0.3 is 4.42 Å². The molecule has 0 aromatic carbocycles. The molecule has 4 bridgehead atoms. The van der Waals surface area contributed by atoms with Gasteiger partial charge in [-0.2, -0.15) is 4.98 Å². The van der Waals surface area contributed by atoms with Crippen LogP contribution in [0, 0.1) is 17.8 Å². The molecule has 4 nitrogen and oxygen atoms in total. The van der Waals surface area contributed by atoms with Gasteiger partial charge >= 0.3 is 6.01 Å². The number of nitrogens with one attached hydrogen (secondary N) is 1. The number of aromatic nitrogens is 1. The molecule has 4 fully saturated rings. The van der Waals surface area contributed by atoms with Crippen LogP contribution in [0.25, 0.3) is 0 Å². The Bertz CT molecular complexity index is 404. The summed E-state index contributed by atoms with van der Waals surface area (Å²) in [5.74, 6) is 8.16. The van der Waals surface area contributed by atoms with Crippen LogP contribution in [0.15, 0.2) is 10.7 Å². The van der Waals surface area contributed by atoms with Crippen molar-refractivity contribution in [1.82, 2.24) is 4.98 Å². The van der Waals surface area contributed by atoms with Crippen molar-refractivity contribution in [2.24, 2.45) is 23.6 Å². The predicted molar refractivity (Wildman–Crippen MR) is 64.2 cm³/mol. The lowest BCUT2D eigenvalue weighted by Crippen LogP contribution is -2.48. The second-order valence-electron chi connectivity index (χ2n) is 6.38. The third kappa shape index (κ3) is 1.36. The van der Waals surface area contributed by atoms with E-state index in [2.05, 4.69) is 10.4 Å². The second kappa shape index (κ2) is 3.25. The monoisotopic (exact) mass is 233 g/mol. The van der Waals surface area contributed by atoms with Gasteiger partial charge in [0.05, 0.1) is 5.69 Å². The molecule has 1 aromatic rings. The zero-order valence-electron chi connectivity index (χ0n) is 9.98. The molecule has 0 atom stereocenters. The molecule has 0 spiro atoms. The average molecular weight is 233 g/mol. The van der Waals surface area contributed by atoms with Crippen molar-refractivity contribution in [3.63, 3.8) is 0 Å². The van der Waals surface area contributed by atoms with Gasteiger partial charge in [0.25, 0.3) is 0 Å². The molecule has 0 unspecified atom stereocenters. The molecule has 92 valence electrons. The van der Waals surface area contributed by atoms with E-state index < -0.39 is 0 Å². The Morgan fingerprint density at radius 1 is 1.18 bits per heavy atom. The fraction of sp³-hybridized carbons (Fsp3) is 0.769. The molecule has 4 saturated carbocycles. The summed E-state index contributed by atoms with van der Waals surface area (Å²) in [5.41, 5.74) is 3.96. The highest BCUT2D eigenvalue weighted by molar-refractivity contribution is 5.27. The van der Waals surface area contributed by atoms with E-state index in [4.69, 9.17) is 10.3 Å². The molecule has 0 amide bonds. The highest BCUT2D eigenvalue weighted by Crippen LogP contribution is 2.60. The molecule has 1 aromatic heterocycles. The summed E-state index contributed by atoms with van der Waals surface area (Å²) in [4.78, 5) is 4.52. The Labute approximate surface area is 101 Å². The Kier molecular flexibility index (Phi) is 1.90. The number of nitrogens with zero attached hydrogens (tertiary/aromatic N) is 1. The molecule has 3 N–H and O–H groups in total. The summed E-state index contributed by atoms with van der Waals surface area (Å²) in [7, 11) is 0. The van der Waals surface area contributed by atoms with Crippen LogP contribution in [0.4, 0.5) is 6.01 Å². The average Bonchev–Trinajstić information content (AvgIpc) is 2.76. The van der Waals surface area contributed by atoms with Gasteiger partial charge in [-0.05, 0) is 56.3 Å². The lowest BCUT2D eigenvalue weighted by Gasteiger charge is -2.56. The zero-order valence-corrected chi connectivity index (χ0v) is 9.98. The van der Waals surface area contributed by atoms with Crippen molar-refractivity contribution >= 4 is 6.01 Å². The van der Waals surface area contributed by atoms with Crippen molar-refractivity contribution < 1.29 is 4.42 Å². The first-order valence-corrected chi connectivity index (χ1v) is 6.70. The Morgan fingerprint density at radius 3 is 2.24 bits per heavy atom. The number of rotatable bonds is 2. The topological polar surface area (TPSA) is 64.1 Å². The van der Waals surface area contributed by atoms with Crippen molar-refractivity contribution in [2.75, 3.05) is 5.43 Å². The summed E-state index contributed by atoms with van der Waals surface area (Å²) < 4.78 is 5.36. The molecular weight excluding hydrogens is 214 g/mol. The third-order valence-electron chi connectivity index (χ3n) is 5.21. The highest BCUT2D eigenvalue weighted by atomic mass is 16.4. The summed E-state index contributed by atoms with van der Waals surface area (Å²) in [6.07, 6.45) is 10.1. The van der Waals surface area contributed by atoms with Crippen molar-refractivity contribution in [2.45, 2.75) is 43.9 Å². The van der Waals surface area contributed by atoms with Gasteiger partial charge in [-0.3, -0.25) is 5.43 Å². The SMILES string of the molecule is NNc1nc(C23CC4CC(CC(C4)C2)C3)co1. The van der Waals surface area contributed by atoms with E-state index in [0.717, 1.165) is 23.4 Å². The lowest BCUT2D eigenvalue weighted by atomic mass is 9.49. The lowest BCUT2D eigenvalue weighted by molar-refractivity contribution is -0.00721. The molecule has 17 heavy (non-hydrogen) atoms. The minimum absolute atomic E-state index is 0.313. The minimum Gasteiger partial charge on any atom is -0.431 e. The molecule has 0 radical (unpaired) electrons. The van der Waals surface area contributed by atoms with Crippen molar-refractivity contribution in [3.8, 4) is 0 Å². The first kappa shape index (κ1) is 9.95. The van der Waals surface area contributed by atoms with E-state index in [9.17, 15) is 0 Å². The fourth-order valence-corrected chi connectivity index (χ4v) is 5.01. The molecule has 1 heterocycles. The second-order valence-corrected chi connectivity index (χ2v) is 6.38. The number of nitrogen functional groups attached to an aromatic ring is 1. The Hall–Kier alpha value is -1.03. The maximum atomic E-state index is 5.36. The quantitative estimate of drug-likeness (QED) is 0.608. The van der Waals surface area contributed by atoms with Gasteiger partial charge in [0.1, 0.15) is 6.26 Å². The van der Waals surface area contributed by atoms with E-state index in [-0.39, 0.29) is 0 Å². The van der Waals surface area contributed by atoms with Crippen LogP contribution in [0.1, 0.15) is 44.2 Å². The van der Waals surface area contributed by atoms with Crippen LogP contribution in [0.2, 0.25) is 0 Å². The number of hydrogen-bond acceptors (Lipinski definition) is 4. The number of hydrogen-bond donors (Lipinski definition) is 2. The molecule has 0 saturated heterocycles.